The summed E-state index contributed by atoms with van der Waals surface area (Å²) in [5, 5.41) is 14.2. The molecule has 5 aliphatic carbocycles. The zero-order valence-corrected chi connectivity index (χ0v) is 57.9. The summed E-state index contributed by atoms with van der Waals surface area (Å²) in [5.74, 6) is 0.855. The molecular weight excluding hydrogens is 1120 g/mol. The Morgan fingerprint density at radius 2 is 1.20 bits per heavy atom. The first kappa shape index (κ1) is 68.1. The molecule has 7 fully saturated rings. The van der Waals surface area contributed by atoms with Gasteiger partial charge < -0.3 is 61.0 Å². The van der Waals surface area contributed by atoms with E-state index in [4.69, 9.17) is 55.9 Å². The molecule has 2 aliphatic heterocycles. The topological polar surface area (TPSA) is 165 Å². The van der Waals surface area contributed by atoms with E-state index in [0.717, 1.165) is 98.8 Å². The highest BCUT2D eigenvalue weighted by Crippen LogP contribution is 2.82. The van der Waals surface area contributed by atoms with Gasteiger partial charge in [-0.25, -0.2) is 4.79 Å². The molecule has 84 heavy (non-hydrogen) atoms. The van der Waals surface area contributed by atoms with E-state index in [2.05, 4.69) is 90.0 Å². The number of carbonyl (C=O) groups excluding carboxylic acids is 2. The highest BCUT2D eigenvalue weighted by molar-refractivity contribution is 6.74. The first-order valence-electron chi connectivity index (χ1n) is 33.6. The van der Waals surface area contributed by atoms with E-state index in [0.29, 0.717) is 42.8 Å². The summed E-state index contributed by atoms with van der Waals surface area (Å²) < 4.78 is 83.3. The minimum Gasteiger partial charge on any atom is -0.497 e. The summed E-state index contributed by atoms with van der Waals surface area (Å²) in [6.45, 7) is 31.6. The van der Waals surface area contributed by atoms with Crippen LogP contribution in [0.2, 0.25) is 54.4 Å². The molecule has 19 atom stereocenters. The van der Waals surface area contributed by atoms with Gasteiger partial charge in [0.05, 0.1) is 56.9 Å². The van der Waals surface area contributed by atoms with Crippen LogP contribution in [0, 0.1) is 45.8 Å². The predicted octanol–water partition coefficient (Wildman–Crippen LogP) is 13.7. The van der Waals surface area contributed by atoms with E-state index in [9.17, 15) is 14.7 Å². The van der Waals surface area contributed by atoms with Gasteiger partial charge in [-0.3, -0.25) is 4.79 Å². The van der Waals surface area contributed by atoms with E-state index in [1.165, 1.54) is 26.2 Å². The lowest BCUT2D eigenvalue weighted by molar-refractivity contribution is -0.343. The maximum absolute atomic E-state index is 14.8. The van der Waals surface area contributed by atoms with Crippen molar-refractivity contribution in [2.45, 2.75) is 283 Å². The molecule has 1 aromatic carbocycles. The van der Waals surface area contributed by atoms with Crippen molar-refractivity contribution >= 4 is 36.9 Å². The summed E-state index contributed by atoms with van der Waals surface area (Å²) in [6, 6.07) is 14.6. The van der Waals surface area contributed by atoms with Gasteiger partial charge >= 0.3 is 11.9 Å². The van der Waals surface area contributed by atoms with Crippen molar-refractivity contribution in [2.24, 2.45) is 45.8 Å². The van der Waals surface area contributed by atoms with Gasteiger partial charge in [0.25, 0.3) is 0 Å². The number of ether oxygens (including phenoxy) is 9. The number of hydrogen-bond acceptors (Lipinski definition) is 15. The predicted molar refractivity (Wildman–Crippen MR) is 333 cm³/mol. The molecule has 0 amide bonds. The van der Waals surface area contributed by atoms with Crippen LogP contribution in [-0.4, -0.2) is 150 Å². The maximum atomic E-state index is 14.8. The Kier molecular flexibility index (Phi) is 22.8. The fourth-order valence-electron chi connectivity index (χ4n) is 18.3. The van der Waals surface area contributed by atoms with Crippen molar-refractivity contribution < 1.29 is 70.6 Å². The molecular formula is C66H114O15Si3. The summed E-state index contributed by atoms with van der Waals surface area (Å²) in [5.41, 5.74) is -1.16. The molecule has 5 saturated carbocycles. The van der Waals surface area contributed by atoms with Crippen LogP contribution in [0.4, 0.5) is 0 Å². The second-order valence-corrected chi connectivity index (χ2v) is 41.5. The van der Waals surface area contributed by atoms with Gasteiger partial charge in [-0.05, 0) is 159 Å². The number of rotatable bonds is 31. The third-order valence-corrected chi connectivity index (χ3v) is 38.3. The Morgan fingerprint density at radius 3 is 1.74 bits per heavy atom. The van der Waals surface area contributed by atoms with Gasteiger partial charge in [-0.1, -0.05) is 103 Å². The van der Waals surface area contributed by atoms with E-state index < -0.39 is 103 Å². The fraction of sp³-hybridized carbons (Fsp3) is 0.879. The van der Waals surface area contributed by atoms with Gasteiger partial charge in [0.1, 0.15) is 23.6 Å². The number of aliphatic hydroxyl groups is 1. The van der Waals surface area contributed by atoms with E-state index in [1.54, 1.807) is 31.4 Å². The molecule has 480 valence electrons. The molecule has 18 heteroatoms. The largest absolute Gasteiger partial charge is 0.497 e. The quantitative estimate of drug-likeness (QED) is 0.0424. The lowest BCUT2D eigenvalue weighted by Crippen LogP contribution is -2.66. The molecule has 0 radical (unpaired) electrons. The number of fused-ring (bicyclic) bond motifs is 4. The van der Waals surface area contributed by atoms with E-state index in [1.807, 2.05) is 7.11 Å². The minimum atomic E-state index is -2.49. The highest BCUT2D eigenvalue weighted by atomic mass is 28.4. The number of benzene rings is 1. The van der Waals surface area contributed by atoms with Crippen molar-refractivity contribution in [3.05, 3.63) is 29.8 Å². The van der Waals surface area contributed by atoms with Crippen molar-refractivity contribution in [1.82, 2.24) is 0 Å². The van der Waals surface area contributed by atoms with Gasteiger partial charge in [0, 0.05) is 37.4 Å². The molecule has 0 bridgehead atoms. The second kappa shape index (κ2) is 28.2. The zero-order chi connectivity index (χ0) is 61.0. The lowest BCUT2D eigenvalue weighted by Gasteiger charge is -2.62. The van der Waals surface area contributed by atoms with Crippen LogP contribution in [0.15, 0.2) is 24.3 Å². The van der Waals surface area contributed by atoms with Gasteiger partial charge in [-0.15, -0.1) is 0 Å². The Labute approximate surface area is 509 Å². The third kappa shape index (κ3) is 12.6. The van der Waals surface area contributed by atoms with Gasteiger partial charge in [0.15, 0.2) is 49.7 Å². The summed E-state index contributed by atoms with van der Waals surface area (Å²) in [4.78, 5) is 28.7. The smallest absolute Gasteiger partial charge is 0.338 e. The molecule has 1 spiro atoms. The van der Waals surface area contributed by atoms with Gasteiger partial charge in [0.2, 0.25) is 0 Å². The Bertz CT molecular complexity index is 2260. The molecule has 7 aliphatic rings. The lowest BCUT2D eigenvalue weighted by atomic mass is 9.44. The monoisotopic (exact) mass is 1230 g/mol. The molecule has 1 N–H and O–H groups in total. The first-order valence-corrected chi connectivity index (χ1v) is 41.2. The second-order valence-electron chi connectivity index (χ2n) is 27.4. The number of methoxy groups -OCH3 is 2. The molecule has 0 unspecified atom stereocenters. The molecule has 8 rings (SSSR count). The average molecular weight is 1230 g/mol. The number of unbranched alkanes of at least 4 members (excludes halogenated alkanes) is 2. The van der Waals surface area contributed by atoms with Crippen LogP contribution in [0.5, 0.6) is 5.75 Å². The molecule has 2 saturated heterocycles. The number of carbonyl (C=O) groups is 2. The van der Waals surface area contributed by atoms with Crippen LogP contribution in [0.3, 0.4) is 0 Å². The minimum absolute atomic E-state index is 0.0510. The summed E-state index contributed by atoms with van der Waals surface area (Å²) >= 11 is 0. The Balaban J connectivity index is 1.21. The Morgan fingerprint density at radius 1 is 0.655 bits per heavy atom. The maximum Gasteiger partial charge on any atom is 0.338 e. The van der Waals surface area contributed by atoms with Crippen LogP contribution in [-0.2, 0) is 56.0 Å². The van der Waals surface area contributed by atoms with Crippen molar-refractivity contribution in [3.8, 4) is 5.75 Å². The number of hydrogen-bond donors (Lipinski definition) is 1. The van der Waals surface area contributed by atoms with Crippen LogP contribution in [0.25, 0.3) is 0 Å². The molecule has 1 aromatic rings. The van der Waals surface area contributed by atoms with Crippen LogP contribution >= 0.6 is 0 Å². The molecule has 15 nitrogen and oxygen atoms in total. The third-order valence-electron chi connectivity index (χ3n) is 24.3. The standard InChI is InChI=1S/C66H114O15Si3/c1-17-27-28-37-72-41-44(11)66(69)55(39-51-49-38-54(71-16)65-40-47(65)33-35-63(65,13)50(49)34-36-64(51,66)14)76-61-58(75-45(12)67)56(52(42-73-61)79-82(18-2,19-3)20-4)78-62-59(77-60(68)46-29-31-48(70-15)32-30-46)57(81-84(24-8,25-9)26-10)53(43-74-62)80-83(21-5,22-6)23-7/h29-32,44,47,49-59,61-62,69H,17-28,33-43H2,1-16H3/t44-,47-,49-,50+,51+,52+,53-,54-,55+,56+,57+,58-,59-,61+,62+,63-,64+,65+,66-/m1/s1. The Hall–Kier alpha value is -1.79. The highest BCUT2D eigenvalue weighted by Gasteiger charge is 2.79. The van der Waals surface area contributed by atoms with E-state index in [-0.39, 0.29) is 42.0 Å². The average Bonchev–Trinajstić information content (AvgIpc) is 1.49. The van der Waals surface area contributed by atoms with Crippen molar-refractivity contribution in [1.29, 1.82) is 0 Å². The summed E-state index contributed by atoms with van der Waals surface area (Å²) in [7, 11) is -3.76. The van der Waals surface area contributed by atoms with Crippen LogP contribution < -0.4 is 4.74 Å². The normalized spacial score (nSPS) is 37.8. The van der Waals surface area contributed by atoms with E-state index >= 15 is 0 Å². The molecule has 0 aromatic heterocycles. The number of esters is 2. The van der Waals surface area contributed by atoms with Crippen molar-refractivity contribution in [2.75, 3.05) is 40.6 Å². The fourth-order valence-corrected chi connectivity index (χ4v) is 26.9. The molecule has 2 heterocycles. The SMILES string of the molecule is CCCCCOC[C@@H](C)[C@@]1(O)[C@@H](O[C@@H]2OC[C@H](O[Si](CC)(CC)CC)[C@H](O[C@@H]3OC[C@@H](O[Si](CC)(CC)CC)[C@H](O[Si](CC)(CC)CC)[C@H]3OC(=O)c3ccc(OC)cc3)[C@H]2OC(C)=O)C[C@H]2[C@@H]3C[C@@H](OC)[C@]45C[C@H]4CC[C@]5(C)[C@H]3CC[C@@]21C. The van der Waals surface area contributed by atoms with Gasteiger partial charge in [-0.2, -0.15) is 0 Å². The zero-order valence-electron chi connectivity index (χ0n) is 54.9. The summed E-state index contributed by atoms with van der Waals surface area (Å²) in [6.07, 6.45) is 1.92. The van der Waals surface area contributed by atoms with Crippen molar-refractivity contribution in [3.63, 3.8) is 0 Å². The van der Waals surface area contributed by atoms with Crippen LogP contribution in [0.1, 0.15) is 171 Å². The first-order chi connectivity index (χ1) is 40.2.